The van der Waals surface area contributed by atoms with E-state index in [1.807, 2.05) is 27.7 Å². The van der Waals surface area contributed by atoms with Gasteiger partial charge in [0.15, 0.2) is 0 Å². The van der Waals surface area contributed by atoms with Crippen molar-refractivity contribution >= 4 is 0 Å². The van der Waals surface area contributed by atoms with Gasteiger partial charge in [-0.3, -0.25) is 4.84 Å². The number of hydrogen-bond acceptors (Lipinski definition) is 2. The summed E-state index contributed by atoms with van der Waals surface area (Å²) in [4.78, 5) is 5.37. The average Bonchev–Trinajstić information content (AvgIpc) is 2.07. The third-order valence-electron chi connectivity index (χ3n) is 1.95. The second-order valence-corrected chi connectivity index (χ2v) is 4.61. The maximum Gasteiger partial charge on any atom is 0.123 e. The highest BCUT2D eigenvalue weighted by Crippen LogP contribution is 2.10. The molecule has 0 bridgehead atoms. The topological polar surface area (TPSA) is 21.3 Å². The maximum atomic E-state index is 12.8. The Hall–Kier alpha value is -0.930. The Labute approximate surface area is 90.4 Å². The smallest absolute Gasteiger partial charge is 0.123 e. The average molecular weight is 211 g/mol. The molecule has 3 heteroatoms. The second-order valence-electron chi connectivity index (χ2n) is 4.61. The number of hydroxylamine groups is 1. The normalized spacial score (nSPS) is 11.8. The molecule has 1 rings (SSSR count). The Bertz CT molecular complexity index is 331. The zero-order valence-electron chi connectivity index (χ0n) is 9.73. The zero-order valence-corrected chi connectivity index (χ0v) is 9.73. The van der Waals surface area contributed by atoms with Crippen LogP contribution in [0, 0.1) is 12.7 Å². The predicted octanol–water partition coefficient (Wildman–Crippen LogP) is 2.95. The lowest BCUT2D eigenvalue weighted by Gasteiger charge is -2.19. The van der Waals surface area contributed by atoms with Gasteiger partial charge in [-0.1, -0.05) is 6.07 Å². The van der Waals surface area contributed by atoms with E-state index >= 15 is 0 Å². The van der Waals surface area contributed by atoms with Crippen LogP contribution < -0.4 is 5.48 Å². The fourth-order valence-electron chi connectivity index (χ4n) is 1.19. The lowest BCUT2D eigenvalue weighted by Crippen LogP contribution is -2.28. The molecule has 0 saturated heterocycles. The van der Waals surface area contributed by atoms with Gasteiger partial charge in [-0.15, -0.1) is 0 Å². The standard InChI is InChI=1S/C12H18FNO/c1-9-7-11(13)6-5-10(9)8-14-15-12(2,3)4/h5-7,14H,8H2,1-4H3. The van der Waals surface area contributed by atoms with Crippen molar-refractivity contribution in [2.75, 3.05) is 0 Å². The number of hydrogen-bond donors (Lipinski definition) is 1. The van der Waals surface area contributed by atoms with Crippen LogP contribution in [0.4, 0.5) is 4.39 Å². The van der Waals surface area contributed by atoms with E-state index < -0.39 is 0 Å². The first-order valence-electron chi connectivity index (χ1n) is 5.04. The highest BCUT2D eigenvalue weighted by atomic mass is 19.1. The van der Waals surface area contributed by atoms with Gasteiger partial charge in [-0.05, 0) is 51.0 Å². The first-order chi connectivity index (χ1) is 6.88. The largest absolute Gasteiger partial charge is 0.296 e. The van der Waals surface area contributed by atoms with Crippen LogP contribution in [0.5, 0.6) is 0 Å². The maximum absolute atomic E-state index is 12.8. The van der Waals surface area contributed by atoms with Gasteiger partial charge in [0.05, 0.1) is 5.60 Å². The fraction of sp³-hybridized carbons (Fsp3) is 0.500. The quantitative estimate of drug-likeness (QED) is 0.776. The van der Waals surface area contributed by atoms with E-state index in [1.54, 1.807) is 6.07 Å². The molecular formula is C12H18FNO. The van der Waals surface area contributed by atoms with E-state index in [4.69, 9.17) is 4.84 Å². The molecule has 1 N–H and O–H groups in total. The molecule has 84 valence electrons. The van der Waals surface area contributed by atoms with Crippen LogP contribution in [-0.4, -0.2) is 5.60 Å². The lowest BCUT2D eigenvalue weighted by molar-refractivity contribution is -0.0758. The summed E-state index contributed by atoms with van der Waals surface area (Å²) < 4.78 is 12.8. The Morgan fingerprint density at radius 1 is 1.33 bits per heavy atom. The van der Waals surface area contributed by atoms with Crippen LogP contribution in [0.15, 0.2) is 18.2 Å². The van der Waals surface area contributed by atoms with Gasteiger partial charge in [0, 0.05) is 6.54 Å². The molecule has 0 heterocycles. The summed E-state index contributed by atoms with van der Waals surface area (Å²) in [7, 11) is 0. The van der Waals surface area contributed by atoms with Crippen molar-refractivity contribution in [1.29, 1.82) is 0 Å². The number of halogens is 1. The number of nitrogens with one attached hydrogen (secondary N) is 1. The zero-order chi connectivity index (χ0) is 11.5. The van der Waals surface area contributed by atoms with Crippen LogP contribution in [0.25, 0.3) is 0 Å². The van der Waals surface area contributed by atoms with Gasteiger partial charge in [0.25, 0.3) is 0 Å². The van der Waals surface area contributed by atoms with Gasteiger partial charge in [0.2, 0.25) is 0 Å². The van der Waals surface area contributed by atoms with Crippen LogP contribution in [-0.2, 0) is 11.4 Å². The van der Waals surface area contributed by atoms with E-state index in [2.05, 4.69) is 5.48 Å². The molecule has 0 radical (unpaired) electrons. The van der Waals surface area contributed by atoms with Crippen molar-refractivity contribution < 1.29 is 9.23 Å². The molecule has 0 unspecified atom stereocenters. The minimum Gasteiger partial charge on any atom is -0.296 e. The molecule has 2 nitrogen and oxygen atoms in total. The van der Waals surface area contributed by atoms with Crippen LogP contribution >= 0.6 is 0 Å². The van der Waals surface area contributed by atoms with Gasteiger partial charge in [0.1, 0.15) is 5.82 Å². The Kier molecular flexibility index (Phi) is 3.83. The number of rotatable bonds is 3. The molecule has 0 saturated carbocycles. The Morgan fingerprint density at radius 2 is 2.00 bits per heavy atom. The van der Waals surface area contributed by atoms with Gasteiger partial charge in [-0.25, -0.2) is 4.39 Å². The summed E-state index contributed by atoms with van der Waals surface area (Å²) >= 11 is 0. The predicted molar refractivity (Wildman–Crippen MR) is 58.8 cm³/mol. The van der Waals surface area contributed by atoms with Gasteiger partial charge < -0.3 is 0 Å². The Morgan fingerprint density at radius 3 is 2.53 bits per heavy atom. The van der Waals surface area contributed by atoms with E-state index in [0.717, 1.165) is 11.1 Å². The van der Waals surface area contributed by atoms with Gasteiger partial charge >= 0.3 is 0 Å². The van der Waals surface area contributed by atoms with Crippen molar-refractivity contribution in [3.8, 4) is 0 Å². The van der Waals surface area contributed by atoms with E-state index in [1.165, 1.54) is 12.1 Å². The minimum atomic E-state index is -0.214. The Balaban J connectivity index is 2.51. The third-order valence-corrected chi connectivity index (χ3v) is 1.95. The van der Waals surface area contributed by atoms with Crippen molar-refractivity contribution in [3.63, 3.8) is 0 Å². The molecule has 0 aliphatic heterocycles. The van der Waals surface area contributed by atoms with E-state index in [-0.39, 0.29) is 11.4 Å². The molecule has 0 aliphatic carbocycles. The monoisotopic (exact) mass is 211 g/mol. The minimum absolute atomic E-state index is 0.201. The molecule has 1 aromatic carbocycles. The van der Waals surface area contributed by atoms with Crippen LogP contribution in [0.3, 0.4) is 0 Å². The van der Waals surface area contributed by atoms with Crippen LogP contribution in [0.2, 0.25) is 0 Å². The first kappa shape index (κ1) is 12.1. The fourth-order valence-corrected chi connectivity index (χ4v) is 1.19. The third kappa shape index (κ3) is 4.40. The molecule has 15 heavy (non-hydrogen) atoms. The number of benzene rings is 1. The summed E-state index contributed by atoms with van der Waals surface area (Å²) in [6.45, 7) is 8.38. The summed E-state index contributed by atoms with van der Waals surface area (Å²) in [5.74, 6) is -0.201. The van der Waals surface area contributed by atoms with Crippen LogP contribution in [0.1, 0.15) is 31.9 Å². The highest BCUT2D eigenvalue weighted by Gasteiger charge is 2.10. The summed E-state index contributed by atoms with van der Waals surface area (Å²) in [6, 6.07) is 4.75. The molecular weight excluding hydrogens is 193 g/mol. The van der Waals surface area contributed by atoms with Crippen molar-refractivity contribution in [3.05, 3.63) is 35.1 Å². The molecule has 0 aliphatic rings. The molecule has 0 spiro atoms. The molecule has 0 atom stereocenters. The lowest BCUT2D eigenvalue weighted by atomic mass is 10.1. The SMILES string of the molecule is Cc1cc(F)ccc1CNOC(C)(C)C. The second kappa shape index (κ2) is 4.73. The first-order valence-corrected chi connectivity index (χ1v) is 5.04. The molecule has 0 fully saturated rings. The summed E-state index contributed by atoms with van der Waals surface area (Å²) in [6.07, 6.45) is 0. The molecule has 1 aromatic rings. The summed E-state index contributed by atoms with van der Waals surface area (Å²) in [5.41, 5.74) is 4.64. The molecule has 0 aromatic heterocycles. The van der Waals surface area contributed by atoms with Crippen molar-refractivity contribution in [2.24, 2.45) is 0 Å². The van der Waals surface area contributed by atoms with E-state index in [9.17, 15) is 4.39 Å². The number of aryl methyl sites for hydroxylation is 1. The summed E-state index contributed by atoms with van der Waals surface area (Å²) in [5, 5.41) is 0. The highest BCUT2D eigenvalue weighted by molar-refractivity contribution is 5.26. The van der Waals surface area contributed by atoms with Crippen molar-refractivity contribution in [2.45, 2.75) is 39.8 Å². The van der Waals surface area contributed by atoms with Gasteiger partial charge in [-0.2, -0.15) is 5.48 Å². The van der Waals surface area contributed by atoms with Crippen molar-refractivity contribution in [1.82, 2.24) is 5.48 Å². The van der Waals surface area contributed by atoms with E-state index in [0.29, 0.717) is 6.54 Å². The molecule has 0 amide bonds.